The summed E-state index contributed by atoms with van der Waals surface area (Å²) in [5.74, 6) is 0.459. The first-order valence-electron chi connectivity index (χ1n) is 5.50. The second-order valence-corrected chi connectivity index (χ2v) is 5.10. The number of hydrogen-bond acceptors (Lipinski definition) is 2. The van der Waals surface area contributed by atoms with Gasteiger partial charge in [-0.3, -0.25) is 0 Å². The standard InChI is InChI=1S/C11H24N2O2/c1-9(2)7-12-10(15)13-8-11(3,4)5-6-14/h9,14H,5-8H2,1-4H3,(H2,12,13,15). The van der Waals surface area contributed by atoms with Crippen LogP contribution in [0.4, 0.5) is 4.79 Å². The third-order valence-corrected chi connectivity index (χ3v) is 2.19. The number of carbonyl (C=O) groups excluding carboxylic acids is 1. The third kappa shape index (κ3) is 8.24. The highest BCUT2D eigenvalue weighted by Gasteiger charge is 2.17. The Bertz CT molecular complexity index is 191. The van der Waals surface area contributed by atoms with Gasteiger partial charge in [0, 0.05) is 19.7 Å². The Hall–Kier alpha value is -0.770. The van der Waals surface area contributed by atoms with Crippen LogP contribution in [-0.2, 0) is 0 Å². The monoisotopic (exact) mass is 216 g/mol. The molecule has 15 heavy (non-hydrogen) atoms. The molecule has 4 heteroatoms. The maximum absolute atomic E-state index is 11.3. The smallest absolute Gasteiger partial charge is 0.314 e. The van der Waals surface area contributed by atoms with Gasteiger partial charge in [-0.15, -0.1) is 0 Å². The molecule has 0 aromatic rings. The van der Waals surface area contributed by atoms with Crippen molar-refractivity contribution >= 4 is 6.03 Å². The van der Waals surface area contributed by atoms with E-state index < -0.39 is 0 Å². The summed E-state index contributed by atoms with van der Waals surface area (Å²) in [6.45, 7) is 9.57. The van der Waals surface area contributed by atoms with Crippen molar-refractivity contribution in [3.05, 3.63) is 0 Å². The van der Waals surface area contributed by atoms with Gasteiger partial charge in [0.2, 0.25) is 0 Å². The summed E-state index contributed by atoms with van der Waals surface area (Å²) in [5, 5.41) is 14.4. The number of nitrogens with one attached hydrogen (secondary N) is 2. The minimum absolute atomic E-state index is 0.0517. The van der Waals surface area contributed by atoms with Gasteiger partial charge in [-0.05, 0) is 17.8 Å². The zero-order chi connectivity index (χ0) is 11.9. The second kappa shape index (κ2) is 6.67. The van der Waals surface area contributed by atoms with E-state index in [1.165, 1.54) is 0 Å². The summed E-state index contributed by atoms with van der Waals surface area (Å²) in [5.41, 5.74) is -0.0517. The van der Waals surface area contributed by atoms with E-state index in [2.05, 4.69) is 24.5 Å². The summed E-state index contributed by atoms with van der Waals surface area (Å²) in [4.78, 5) is 11.3. The molecule has 2 amide bonds. The normalized spacial score (nSPS) is 11.6. The molecule has 0 heterocycles. The molecule has 0 rings (SSSR count). The third-order valence-electron chi connectivity index (χ3n) is 2.19. The van der Waals surface area contributed by atoms with E-state index >= 15 is 0 Å². The molecule has 0 aromatic heterocycles. The molecule has 0 aliphatic carbocycles. The van der Waals surface area contributed by atoms with Crippen molar-refractivity contribution in [1.29, 1.82) is 0 Å². The lowest BCUT2D eigenvalue weighted by molar-refractivity contribution is 0.201. The zero-order valence-electron chi connectivity index (χ0n) is 10.3. The van der Waals surface area contributed by atoms with E-state index in [0.29, 0.717) is 25.4 Å². The molecule has 4 nitrogen and oxygen atoms in total. The predicted octanol–water partition coefficient (Wildman–Crippen LogP) is 1.35. The van der Waals surface area contributed by atoms with Crippen molar-refractivity contribution in [2.45, 2.75) is 34.1 Å². The molecule has 3 N–H and O–H groups in total. The van der Waals surface area contributed by atoms with Gasteiger partial charge >= 0.3 is 6.03 Å². The summed E-state index contributed by atoms with van der Waals surface area (Å²) in [7, 11) is 0. The van der Waals surface area contributed by atoms with E-state index in [9.17, 15) is 4.79 Å². The number of carbonyl (C=O) groups is 1. The van der Waals surface area contributed by atoms with Gasteiger partial charge < -0.3 is 15.7 Å². The Labute approximate surface area is 92.4 Å². The molecule has 0 radical (unpaired) electrons. The number of aliphatic hydroxyl groups is 1. The first kappa shape index (κ1) is 14.2. The van der Waals surface area contributed by atoms with Gasteiger partial charge in [-0.1, -0.05) is 27.7 Å². The molecule has 0 aliphatic rings. The molecule has 0 unspecified atom stereocenters. The fourth-order valence-electron chi connectivity index (χ4n) is 1.07. The minimum Gasteiger partial charge on any atom is -0.396 e. The van der Waals surface area contributed by atoms with Crippen LogP contribution in [0.15, 0.2) is 0 Å². The molecule has 0 aromatic carbocycles. The molecular weight excluding hydrogens is 192 g/mol. The molecule has 0 fully saturated rings. The van der Waals surface area contributed by atoms with E-state index in [0.717, 1.165) is 0 Å². The molecule has 0 aliphatic heterocycles. The Balaban J connectivity index is 3.70. The summed E-state index contributed by atoms with van der Waals surface area (Å²) in [6.07, 6.45) is 0.692. The Kier molecular flexibility index (Phi) is 6.32. The van der Waals surface area contributed by atoms with Crippen LogP contribution in [0, 0.1) is 11.3 Å². The predicted molar refractivity (Wildman–Crippen MR) is 61.7 cm³/mol. The average molecular weight is 216 g/mol. The fraction of sp³-hybridized carbons (Fsp3) is 0.909. The van der Waals surface area contributed by atoms with Gasteiger partial charge in [0.05, 0.1) is 0 Å². The Morgan fingerprint density at radius 1 is 1.33 bits per heavy atom. The van der Waals surface area contributed by atoms with E-state index in [1.54, 1.807) is 0 Å². The topological polar surface area (TPSA) is 61.4 Å². The molecule has 0 saturated carbocycles. The largest absolute Gasteiger partial charge is 0.396 e. The minimum atomic E-state index is -0.130. The number of urea groups is 1. The summed E-state index contributed by atoms with van der Waals surface area (Å²) >= 11 is 0. The summed E-state index contributed by atoms with van der Waals surface area (Å²) in [6, 6.07) is -0.130. The molecule has 0 spiro atoms. The average Bonchev–Trinajstić information content (AvgIpc) is 2.11. The van der Waals surface area contributed by atoms with Gasteiger partial charge in [0.25, 0.3) is 0 Å². The van der Waals surface area contributed by atoms with Gasteiger partial charge in [0.15, 0.2) is 0 Å². The van der Waals surface area contributed by atoms with Crippen LogP contribution in [-0.4, -0.2) is 30.8 Å². The van der Waals surface area contributed by atoms with Crippen molar-refractivity contribution < 1.29 is 9.90 Å². The lowest BCUT2D eigenvalue weighted by Gasteiger charge is -2.24. The quantitative estimate of drug-likeness (QED) is 0.627. The number of hydrogen-bond donors (Lipinski definition) is 3. The molecular formula is C11H24N2O2. The molecule has 90 valence electrons. The molecule has 0 bridgehead atoms. The Morgan fingerprint density at radius 2 is 1.93 bits per heavy atom. The number of amides is 2. The van der Waals surface area contributed by atoms with Crippen LogP contribution in [0.2, 0.25) is 0 Å². The maximum Gasteiger partial charge on any atom is 0.314 e. The van der Waals surface area contributed by atoms with Crippen molar-refractivity contribution in [2.75, 3.05) is 19.7 Å². The van der Waals surface area contributed by atoms with Crippen LogP contribution >= 0.6 is 0 Å². The zero-order valence-corrected chi connectivity index (χ0v) is 10.3. The highest BCUT2D eigenvalue weighted by atomic mass is 16.3. The Morgan fingerprint density at radius 3 is 2.40 bits per heavy atom. The first-order valence-corrected chi connectivity index (χ1v) is 5.50. The lowest BCUT2D eigenvalue weighted by Crippen LogP contribution is -2.42. The van der Waals surface area contributed by atoms with Crippen molar-refractivity contribution in [2.24, 2.45) is 11.3 Å². The van der Waals surface area contributed by atoms with Crippen LogP contribution in [0.1, 0.15) is 34.1 Å². The maximum atomic E-state index is 11.3. The van der Waals surface area contributed by atoms with Gasteiger partial charge in [-0.2, -0.15) is 0 Å². The highest BCUT2D eigenvalue weighted by Crippen LogP contribution is 2.17. The van der Waals surface area contributed by atoms with Crippen molar-refractivity contribution in [1.82, 2.24) is 10.6 Å². The molecule has 0 atom stereocenters. The SMILES string of the molecule is CC(C)CNC(=O)NCC(C)(C)CCO. The van der Waals surface area contributed by atoms with E-state index in [1.807, 2.05) is 13.8 Å². The fourth-order valence-corrected chi connectivity index (χ4v) is 1.07. The van der Waals surface area contributed by atoms with Crippen LogP contribution < -0.4 is 10.6 Å². The first-order chi connectivity index (χ1) is 6.87. The van der Waals surface area contributed by atoms with Crippen LogP contribution in [0.25, 0.3) is 0 Å². The molecule has 0 saturated heterocycles. The number of aliphatic hydroxyl groups excluding tert-OH is 1. The van der Waals surface area contributed by atoms with Crippen LogP contribution in [0.3, 0.4) is 0 Å². The van der Waals surface area contributed by atoms with Gasteiger partial charge in [0.1, 0.15) is 0 Å². The highest BCUT2D eigenvalue weighted by molar-refractivity contribution is 5.73. The van der Waals surface area contributed by atoms with Crippen molar-refractivity contribution in [3.63, 3.8) is 0 Å². The second-order valence-electron chi connectivity index (χ2n) is 5.10. The van der Waals surface area contributed by atoms with E-state index in [-0.39, 0.29) is 18.1 Å². The van der Waals surface area contributed by atoms with Crippen molar-refractivity contribution in [3.8, 4) is 0 Å². The van der Waals surface area contributed by atoms with Crippen LogP contribution in [0.5, 0.6) is 0 Å². The van der Waals surface area contributed by atoms with E-state index in [4.69, 9.17) is 5.11 Å². The van der Waals surface area contributed by atoms with Gasteiger partial charge in [-0.25, -0.2) is 4.79 Å². The number of rotatable bonds is 6. The summed E-state index contributed by atoms with van der Waals surface area (Å²) < 4.78 is 0. The lowest BCUT2D eigenvalue weighted by atomic mass is 9.90.